The molecule has 1 atom stereocenters. The van der Waals surface area contributed by atoms with Gasteiger partial charge in [0.2, 0.25) is 10.0 Å². The average Bonchev–Trinajstić information content (AvgIpc) is 2.60. The minimum absolute atomic E-state index is 0.000977. The number of terminal acetylenes is 1. The standard InChI is InChI=1S/C19H20N2O3S/c1-4-12-20-25(23,24)17-10-7-9-16(13-17)19(22)21-15(3)18-11-6-5-8-14(18)2/h1,5-11,13,15,20H,12H2,2-3H3,(H,21,22). The molecule has 6 heteroatoms. The van der Waals surface area contributed by atoms with Crippen molar-refractivity contribution in [2.45, 2.75) is 24.8 Å². The first-order valence-corrected chi connectivity index (χ1v) is 9.23. The first-order chi connectivity index (χ1) is 11.8. The van der Waals surface area contributed by atoms with E-state index in [1.807, 2.05) is 38.1 Å². The van der Waals surface area contributed by atoms with Gasteiger partial charge in [-0.3, -0.25) is 4.79 Å². The third-order valence-corrected chi connectivity index (χ3v) is 5.17. The first-order valence-electron chi connectivity index (χ1n) is 7.74. The highest BCUT2D eigenvalue weighted by Crippen LogP contribution is 2.18. The average molecular weight is 356 g/mol. The molecule has 0 heterocycles. The molecule has 25 heavy (non-hydrogen) atoms. The third-order valence-electron chi connectivity index (χ3n) is 3.77. The van der Waals surface area contributed by atoms with Crippen molar-refractivity contribution in [3.05, 3.63) is 65.2 Å². The Morgan fingerprint density at radius 3 is 2.60 bits per heavy atom. The summed E-state index contributed by atoms with van der Waals surface area (Å²) in [7, 11) is -3.74. The molecule has 2 aromatic rings. The minimum atomic E-state index is -3.74. The van der Waals surface area contributed by atoms with Gasteiger partial charge in [0, 0.05) is 5.56 Å². The number of carbonyl (C=O) groups excluding carboxylic acids is 1. The quantitative estimate of drug-likeness (QED) is 0.781. The molecule has 1 amide bonds. The molecule has 1 unspecified atom stereocenters. The lowest BCUT2D eigenvalue weighted by Crippen LogP contribution is -2.28. The van der Waals surface area contributed by atoms with Gasteiger partial charge in [-0.2, -0.15) is 4.72 Å². The molecule has 2 aromatic carbocycles. The highest BCUT2D eigenvalue weighted by Gasteiger charge is 2.17. The molecule has 5 nitrogen and oxygen atoms in total. The van der Waals surface area contributed by atoms with Crippen molar-refractivity contribution >= 4 is 15.9 Å². The molecule has 2 rings (SSSR count). The fourth-order valence-electron chi connectivity index (χ4n) is 2.45. The predicted octanol–water partition coefficient (Wildman–Crippen LogP) is 2.40. The van der Waals surface area contributed by atoms with Gasteiger partial charge in [-0.15, -0.1) is 6.42 Å². The first kappa shape index (κ1) is 18.7. The van der Waals surface area contributed by atoms with E-state index < -0.39 is 10.0 Å². The summed E-state index contributed by atoms with van der Waals surface area (Å²) in [6.07, 6.45) is 5.07. The van der Waals surface area contributed by atoms with Crippen LogP contribution in [0.15, 0.2) is 53.4 Å². The second-order valence-electron chi connectivity index (χ2n) is 5.61. The Balaban J connectivity index is 2.19. The monoisotopic (exact) mass is 356 g/mol. The van der Waals surface area contributed by atoms with E-state index in [0.29, 0.717) is 0 Å². The summed E-state index contributed by atoms with van der Waals surface area (Å²) >= 11 is 0. The molecule has 0 bridgehead atoms. The van der Waals surface area contributed by atoms with Crippen LogP contribution in [0.25, 0.3) is 0 Å². The van der Waals surface area contributed by atoms with Crippen molar-refractivity contribution in [3.8, 4) is 12.3 Å². The van der Waals surface area contributed by atoms with Gasteiger partial charge in [0.15, 0.2) is 0 Å². The van der Waals surface area contributed by atoms with E-state index in [0.717, 1.165) is 11.1 Å². The van der Waals surface area contributed by atoms with Crippen molar-refractivity contribution < 1.29 is 13.2 Å². The number of carbonyl (C=O) groups is 1. The molecule has 0 fully saturated rings. The second kappa shape index (κ2) is 7.97. The highest BCUT2D eigenvalue weighted by molar-refractivity contribution is 7.89. The summed E-state index contributed by atoms with van der Waals surface area (Å²) in [4.78, 5) is 12.5. The van der Waals surface area contributed by atoms with Crippen LogP contribution in [0.2, 0.25) is 0 Å². The zero-order valence-corrected chi connectivity index (χ0v) is 14.9. The highest BCUT2D eigenvalue weighted by atomic mass is 32.2. The van der Waals surface area contributed by atoms with Crippen LogP contribution in [-0.4, -0.2) is 20.9 Å². The van der Waals surface area contributed by atoms with Gasteiger partial charge in [-0.1, -0.05) is 36.3 Å². The smallest absolute Gasteiger partial charge is 0.251 e. The van der Waals surface area contributed by atoms with Crippen molar-refractivity contribution in [2.24, 2.45) is 0 Å². The van der Waals surface area contributed by atoms with Crippen LogP contribution in [0.5, 0.6) is 0 Å². The van der Waals surface area contributed by atoms with Crippen LogP contribution >= 0.6 is 0 Å². The molecule has 0 spiro atoms. The van der Waals surface area contributed by atoms with E-state index in [1.54, 1.807) is 6.07 Å². The molecule has 0 aliphatic heterocycles. The number of hydrogen-bond acceptors (Lipinski definition) is 3. The van der Waals surface area contributed by atoms with E-state index >= 15 is 0 Å². The van der Waals surface area contributed by atoms with E-state index in [2.05, 4.69) is 16.0 Å². The zero-order chi connectivity index (χ0) is 18.4. The van der Waals surface area contributed by atoms with Crippen LogP contribution in [-0.2, 0) is 10.0 Å². The fraction of sp³-hybridized carbons (Fsp3) is 0.211. The molecule has 2 N–H and O–H groups in total. The molecule has 0 radical (unpaired) electrons. The topological polar surface area (TPSA) is 75.3 Å². The van der Waals surface area contributed by atoms with Crippen molar-refractivity contribution in [1.29, 1.82) is 0 Å². The maximum Gasteiger partial charge on any atom is 0.251 e. The molecule has 0 saturated carbocycles. The molecule has 130 valence electrons. The van der Waals surface area contributed by atoms with Crippen LogP contribution in [0.4, 0.5) is 0 Å². The zero-order valence-electron chi connectivity index (χ0n) is 14.1. The summed E-state index contributed by atoms with van der Waals surface area (Å²) in [5.41, 5.74) is 2.35. The number of amides is 1. The van der Waals surface area contributed by atoms with Gasteiger partial charge >= 0.3 is 0 Å². The van der Waals surface area contributed by atoms with Gasteiger partial charge in [-0.05, 0) is 43.2 Å². The number of benzene rings is 2. The summed E-state index contributed by atoms with van der Waals surface area (Å²) in [5.74, 6) is 1.87. The van der Waals surface area contributed by atoms with Crippen LogP contribution in [0.1, 0.15) is 34.5 Å². The lowest BCUT2D eigenvalue weighted by Gasteiger charge is -2.17. The Morgan fingerprint density at radius 1 is 1.20 bits per heavy atom. The number of sulfonamides is 1. The number of aryl methyl sites for hydroxylation is 1. The van der Waals surface area contributed by atoms with Crippen molar-refractivity contribution in [2.75, 3.05) is 6.54 Å². The van der Waals surface area contributed by atoms with E-state index in [9.17, 15) is 13.2 Å². The van der Waals surface area contributed by atoms with Gasteiger partial charge in [0.1, 0.15) is 0 Å². The Morgan fingerprint density at radius 2 is 1.92 bits per heavy atom. The van der Waals surface area contributed by atoms with Gasteiger partial charge in [-0.25, -0.2) is 8.42 Å². The van der Waals surface area contributed by atoms with Crippen LogP contribution in [0.3, 0.4) is 0 Å². The Hall–Kier alpha value is -2.62. The van der Waals surface area contributed by atoms with E-state index in [4.69, 9.17) is 6.42 Å². The lowest BCUT2D eigenvalue weighted by atomic mass is 10.0. The minimum Gasteiger partial charge on any atom is -0.346 e. The SMILES string of the molecule is C#CCNS(=O)(=O)c1cccc(C(=O)NC(C)c2ccccc2C)c1. The maximum atomic E-state index is 12.5. The Labute approximate surface area is 148 Å². The molecule has 0 aromatic heterocycles. The van der Waals surface area contributed by atoms with E-state index in [-0.39, 0.29) is 29.0 Å². The Bertz CT molecular complexity index is 914. The number of rotatable bonds is 6. The molecular formula is C19H20N2O3S. The van der Waals surface area contributed by atoms with Crippen molar-refractivity contribution in [3.63, 3.8) is 0 Å². The van der Waals surface area contributed by atoms with E-state index in [1.165, 1.54) is 18.2 Å². The number of nitrogens with one attached hydrogen (secondary N) is 2. The van der Waals surface area contributed by atoms with Gasteiger partial charge < -0.3 is 5.32 Å². The number of hydrogen-bond donors (Lipinski definition) is 2. The molecule has 0 aliphatic carbocycles. The Kier molecular flexibility index (Phi) is 5.97. The lowest BCUT2D eigenvalue weighted by molar-refractivity contribution is 0.0939. The molecule has 0 aliphatic rings. The summed E-state index contributed by atoms with van der Waals surface area (Å²) < 4.78 is 26.5. The molecule has 0 saturated heterocycles. The van der Waals surface area contributed by atoms with Gasteiger partial charge in [0.25, 0.3) is 5.91 Å². The maximum absolute atomic E-state index is 12.5. The fourth-order valence-corrected chi connectivity index (χ4v) is 3.43. The third kappa shape index (κ3) is 4.69. The molecular weight excluding hydrogens is 336 g/mol. The normalized spacial score (nSPS) is 12.2. The summed E-state index contributed by atoms with van der Waals surface area (Å²) in [5, 5.41) is 2.89. The largest absolute Gasteiger partial charge is 0.346 e. The second-order valence-corrected chi connectivity index (χ2v) is 7.38. The predicted molar refractivity (Wildman–Crippen MR) is 97.5 cm³/mol. The van der Waals surface area contributed by atoms with Crippen LogP contribution in [0, 0.1) is 19.3 Å². The summed E-state index contributed by atoms with van der Waals surface area (Å²) in [6, 6.07) is 13.4. The van der Waals surface area contributed by atoms with Crippen LogP contribution < -0.4 is 10.0 Å². The summed E-state index contributed by atoms with van der Waals surface area (Å²) in [6.45, 7) is 3.75. The van der Waals surface area contributed by atoms with Crippen molar-refractivity contribution in [1.82, 2.24) is 10.0 Å². The van der Waals surface area contributed by atoms with Gasteiger partial charge in [0.05, 0.1) is 17.5 Å².